The number of carbonyl (C=O) groups is 1. The zero-order chi connectivity index (χ0) is 19.8. The molecule has 2 aromatic heterocycles. The van der Waals surface area contributed by atoms with E-state index in [2.05, 4.69) is 15.0 Å². The number of piperazine rings is 1. The van der Waals surface area contributed by atoms with E-state index in [1.54, 1.807) is 10.7 Å². The van der Waals surface area contributed by atoms with Crippen LogP contribution in [0.25, 0.3) is 5.65 Å². The third kappa shape index (κ3) is 3.60. The van der Waals surface area contributed by atoms with Crippen molar-refractivity contribution < 1.29 is 4.79 Å². The Labute approximate surface area is 173 Å². The van der Waals surface area contributed by atoms with Crippen LogP contribution in [0.15, 0.2) is 30.5 Å². The minimum atomic E-state index is -0.0251. The van der Waals surface area contributed by atoms with E-state index in [-0.39, 0.29) is 5.91 Å². The van der Waals surface area contributed by atoms with Gasteiger partial charge in [-0.1, -0.05) is 29.3 Å². The van der Waals surface area contributed by atoms with Crippen LogP contribution >= 0.6 is 23.2 Å². The molecule has 1 saturated heterocycles. The largest absolute Gasteiger partial charge is 0.336 e. The summed E-state index contributed by atoms with van der Waals surface area (Å²) < 4.78 is 1.72. The molecule has 1 aromatic carbocycles. The van der Waals surface area contributed by atoms with Crippen molar-refractivity contribution in [1.82, 2.24) is 24.4 Å². The van der Waals surface area contributed by atoms with E-state index in [1.165, 1.54) is 0 Å². The minimum Gasteiger partial charge on any atom is -0.336 e. The third-order valence-corrected chi connectivity index (χ3v) is 5.82. The summed E-state index contributed by atoms with van der Waals surface area (Å²) in [7, 11) is 0. The Balaban J connectivity index is 1.46. The fraction of sp³-hybridized carbons (Fsp3) is 0.350. The number of amides is 1. The van der Waals surface area contributed by atoms with Gasteiger partial charge in [0.2, 0.25) is 0 Å². The number of nitrogens with zero attached hydrogens (tertiary/aromatic N) is 5. The molecule has 3 aromatic rings. The lowest BCUT2D eigenvalue weighted by Crippen LogP contribution is -2.48. The van der Waals surface area contributed by atoms with Gasteiger partial charge >= 0.3 is 0 Å². The number of aryl methyl sites for hydroxylation is 2. The van der Waals surface area contributed by atoms with Crippen molar-refractivity contribution in [3.63, 3.8) is 0 Å². The Bertz CT molecular complexity index is 1020. The number of carbonyl (C=O) groups excluding carboxylic acids is 1. The molecule has 4 rings (SSSR count). The highest BCUT2D eigenvalue weighted by Crippen LogP contribution is 2.26. The molecule has 0 unspecified atom stereocenters. The van der Waals surface area contributed by atoms with Gasteiger partial charge in [0.1, 0.15) is 5.56 Å². The Morgan fingerprint density at radius 1 is 1.11 bits per heavy atom. The van der Waals surface area contributed by atoms with E-state index >= 15 is 0 Å². The minimum absolute atomic E-state index is 0.0251. The lowest BCUT2D eigenvalue weighted by Gasteiger charge is -2.34. The first kappa shape index (κ1) is 19.2. The highest BCUT2D eigenvalue weighted by atomic mass is 35.5. The second-order valence-corrected chi connectivity index (χ2v) is 7.92. The fourth-order valence-corrected chi connectivity index (χ4v) is 4.12. The first-order valence-corrected chi connectivity index (χ1v) is 9.96. The number of hydrogen-bond donors (Lipinski definition) is 0. The molecule has 3 heterocycles. The molecule has 0 spiro atoms. The molecule has 0 atom stereocenters. The summed E-state index contributed by atoms with van der Waals surface area (Å²) in [5.41, 5.74) is 3.94. The topological polar surface area (TPSA) is 53.7 Å². The first-order chi connectivity index (χ1) is 13.4. The molecular weight excluding hydrogens is 397 g/mol. The third-order valence-electron chi connectivity index (χ3n) is 5.11. The maximum Gasteiger partial charge on any atom is 0.259 e. The molecule has 0 saturated carbocycles. The van der Waals surface area contributed by atoms with Gasteiger partial charge in [-0.3, -0.25) is 9.69 Å². The molecule has 0 aliphatic carbocycles. The van der Waals surface area contributed by atoms with Crippen molar-refractivity contribution in [2.24, 2.45) is 0 Å². The maximum absolute atomic E-state index is 13.0. The number of fused-ring (bicyclic) bond motifs is 1. The highest BCUT2D eigenvalue weighted by molar-refractivity contribution is 6.35. The molecule has 1 fully saturated rings. The SMILES string of the molecule is Cc1cc(C)n2ncc(C(=O)N3CCN(Cc4c(Cl)cccc4Cl)CC3)c2n1. The van der Waals surface area contributed by atoms with Crippen LogP contribution in [0.5, 0.6) is 0 Å². The molecule has 0 radical (unpaired) electrons. The summed E-state index contributed by atoms with van der Waals surface area (Å²) in [4.78, 5) is 21.7. The van der Waals surface area contributed by atoms with Gasteiger partial charge < -0.3 is 4.90 Å². The quantitative estimate of drug-likeness (QED) is 0.652. The molecule has 6 nitrogen and oxygen atoms in total. The average molecular weight is 418 g/mol. The van der Waals surface area contributed by atoms with Crippen molar-refractivity contribution in [2.45, 2.75) is 20.4 Å². The van der Waals surface area contributed by atoms with Crippen LogP contribution in [0.1, 0.15) is 27.3 Å². The van der Waals surface area contributed by atoms with Gasteiger partial charge in [0.25, 0.3) is 5.91 Å². The maximum atomic E-state index is 13.0. The molecule has 1 aliphatic rings. The van der Waals surface area contributed by atoms with Crippen LogP contribution in [-0.2, 0) is 6.54 Å². The van der Waals surface area contributed by atoms with Crippen molar-refractivity contribution in [3.05, 3.63) is 63.0 Å². The fourth-order valence-electron chi connectivity index (χ4n) is 3.61. The smallest absolute Gasteiger partial charge is 0.259 e. The summed E-state index contributed by atoms with van der Waals surface area (Å²) in [5.74, 6) is -0.0251. The van der Waals surface area contributed by atoms with Crippen LogP contribution in [0.3, 0.4) is 0 Å². The van der Waals surface area contributed by atoms with Crippen molar-refractivity contribution >= 4 is 34.8 Å². The molecule has 0 N–H and O–H groups in total. The van der Waals surface area contributed by atoms with Gasteiger partial charge in [0, 0.05) is 59.7 Å². The summed E-state index contributed by atoms with van der Waals surface area (Å²) in [5, 5.41) is 5.68. The summed E-state index contributed by atoms with van der Waals surface area (Å²) in [6.45, 7) is 7.37. The number of halogens is 2. The molecule has 8 heteroatoms. The van der Waals surface area contributed by atoms with E-state index in [4.69, 9.17) is 23.2 Å². The standard InChI is InChI=1S/C20H21Cl2N5O/c1-13-10-14(2)27-19(24-13)15(11-23-27)20(28)26-8-6-25(7-9-26)12-16-17(21)4-3-5-18(16)22/h3-5,10-11H,6-9,12H2,1-2H3. The molecule has 146 valence electrons. The molecule has 0 bridgehead atoms. The molecule has 1 amide bonds. The Morgan fingerprint density at radius 3 is 2.46 bits per heavy atom. The summed E-state index contributed by atoms with van der Waals surface area (Å²) in [6.07, 6.45) is 1.62. The van der Waals surface area contributed by atoms with Gasteiger partial charge in [0.15, 0.2) is 5.65 Å². The van der Waals surface area contributed by atoms with Crippen LogP contribution in [0, 0.1) is 13.8 Å². The number of aromatic nitrogens is 3. The number of rotatable bonds is 3. The first-order valence-electron chi connectivity index (χ1n) is 9.20. The van der Waals surface area contributed by atoms with E-state index < -0.39 is 0 Å². The monoisotopic (exact) mass is 417 g/mol. The van der Waals surface area contributed by atoms with Gasteiger partial charge in [-0.15, -0.1) is 0 Å². The average Bonchev–Trinajstić information content (AvgIpc) is 3.09. The zero-order valence-corrected chi connectivity index (χ0v) is 17.3. The van der Waals surface area contributed by atoms with Crippen LogP contribution < -0.4 is 0 Å². The van der Waals surface area contributed by atoms with E-state index in [9.17, 15) is 4.79 Å². The number of benzene rings is 1. The van der Waals surface area contributed by atoms with Crippen molar-refractivity contribution in [3.8, 4) is 0 Å². The summed E-state index contributed by atoms with van der Waals surface area (Å²) in [6, 6.07) is 7.50. The van der Waals surface area contributed by atoms with Gasteiger partial charge in [0.05, 0.1) is 6.20 Å². The Morgan fingerprint density at radius 2 is 1.79 bits per heavy atom. The van der Waals surface area contributed by atoms with Crippen LogP contribution in [0.2, 0.25) is 10.0 Å². The van der Waals surface area contributed by atoms with Gasteiger partial charge in [-0.25, -0.2) is 9.50 Å². The van der Waals surface area contributed by atoms with E-state index in [1.807, 2.05) is 43.0 Å². The molecular formula is C20H21Cl2N5O. The lowest BCUT2D eigenvalue weighted by molar-refractivity contribution is 0.0630. The zero-order valence-electron chi connectivity index (χ0n) is 15.8. The Kier molecular flexibility index (Phi) is 5.27. The van der Waals surface area contributed by atoms with Crippen molar-refractivity contribution in [1.29, 1.82) is 0 Å². The second-order valence-electron chi connectivity index (χ2n) is 7.10. The molecule has 1 aliphatic heterocycles. The second kappa shape index (κ2) is 7.70. The summed E-state index contributed by atoms with van der Waals surface area (Å²) >= 11 is 12.6. The van der Waals surface area contributed by atoms with Crippen LogP contribution in [-0.4, -0.2) is 56.5 Å². The predicted molar refractivity (Wildman–Crippen MR) is 110 cm³/mol. The molecule has 28 heavy (non-hydrogen) atoms. The number of hydrogen-bond acceptors (Lipinski definition) is 4. The lowest BCUT2D eigenvalue weighted by atomic mass is 10.2. The van der Waals surface area contributed by atoms with Gasteiger partial charge in [-0.05, 0) is 32.0 Å². The van der Waals surface area contributed by atoms with E-state index in [0.29, 0.717) is 40.9 Å². The van der Waals surface area contributed by atoms with E-state index in [0.717, 1.165) is 30.0 Å². The van der Waals surface area contributed by atoms with Crippen LogP contribution in [0.4, 0.5) is 0 Å². The van der Waals surface area contributed by atoms with Gasteiger partial charge in [-0.2, -0.15) is 5.10 Å². The predicted octanol–water partition coefficient (Wildman–Crippen LogP) is 3.61. The Hall–Kier alpha value is -2.15. The normalized spacial score (nSPS) is 15.4. The van der Waals surface area contributed by atoms with Crippen molar-refractivity contribution in [2.75, 3.05) is 26.2 Å². The highest BCUT2D eigenvalue weighted by Gasteiger charge is 2.26.